The Kier molecular flexibility index (Phi) is 3.95. The summed E-state index contributed by atoms with van der Waals surface area (Å²) < 4.78 is 0. The molecular formula is C14H17ClN2. The van der Waals surface area contributed by atoms with Gasteiger partial charge in [0.25, 0.3) is 0 Å². The molecule has 0 amide bonds. The first-order chi connectivity index (χ1) is 8.24. The molecule has 0 spiro atoms. The van der Waals surface area contributed by atoms with Crippen molar-refractivity contribution in [3.8, 4) is 0 Å². The van der Waals surface area contributed by atoms with E-state index < -0.39 is 0 Å². The molecule has 2 heterocycles. The zero-order chi connectivity index (χ0) is 12.3. The molecular weight excluding hydrogens is 232 g/mol. The number of aromatic nitrogens is 2. The molecule has 90 valence electrons. The fraction of sp³-hybridized carbons (Fsp3) is 0.429. The van der Waals surface area contributed by atoms with Gasteiger partial charge < -0.3 is 0 Å². The van der Waals surface area contributed by atoms with Crippen molar-refractivity contribution in [3.63, 3.8) is 0 Å². The lowest BCUT2D eigenvalue weighted by Gasteiger charge is -2.09. The van der Waals surface area contributed by atoms with Gasteiger partial charge in [0.05, 0.1) is 5.02 Å². The highest BCUT2D eigenvalue weighted by Gasteiger charge is 2.09. The van der Waals surface area contributed by atoms with Crippen molar-refractivity contribution in [3.05, 3.63) is 34.6 Å². The lowest BCUT2D eigenvalue weighted by atomic mass is 10.1. The summed E-state index contributed by atoms with van der Waals surface area (Å²) in [4.78, 5) is 8.89. The maximum absolute atomic E-state index is 6.36. The first-order valence-electron chi connectivity index (χ1n) is 6.13. The van der Waals surface area contributed by atoms with Gasteiger partial charge in [-0.2, -0.15) is 0 Å². The van der Waals surface area contributed by atoms with Crippen molar-refractivity contribution in [2.45, 2.75) is 39.5 Å². The number of rotatable bonds is 4. The highest BCUT2D eigenvalue weighted by Crippen LogP contribution is 2.27. The Morgan fingerprint density at radius 1 is 1.29 bits per heavy atom. The van der Waals surface area contributed by atoms with Gasteiger partial charge in [-0.05, 0) is 37.5 Å². The molecule has 0 aromatic carbocycles. The molecule has 2 rings (SSSR count). The number of pyridine rings is 2. The summed E-state index contributed by atoms with van der Waals surface area (Å²) in [5.74, 6) is 0. The van der Waals surface area contributed by atoms with E-state index in [1.54, 1.807) is 6.20 Å². The van der Waals surface area contributed by atoms with Gasteiger partial charge in [-0.3, -0.25) is 0 Å². The van der Waals surface area contributed by atoms with Gasteiger partial charge in [0.1, 0.15) is 0 Å². The van der Waals surface area contributed by atoms with Gasteiger partial charge in [0, 0.05) is 17.3 Å². The van der Waals surface area contributed by atoms with E-state index in [0.29, 0.717) is 0 Å². The molecule has 0 aliphatic rings. The van der Waals surface area contributed by atoms with Crippen molar-refractivity contribution in [2.24, 2.45) is 0 Å². The van der Waals surface area contributed by atoms with Crippen LogP contribution in [0.25, 0.3) is 11.0 Å². The third-order valence-electron chi connectivity index (χ3n) is 3.04. The SMILES string of the molecule is CCCCCc1nc2ncccc2c(Cl)c1C. The van der Waals surface area contributed by atoms with Crippen LogP contribution in [0.1, 0.15) is 37.4 Å². The first-order valence-corrected chi connectivity index (χ1v) is 6.51. The van der Waals surface area contributed by atoms with Crippen molar-refractivity contribution in [2.75, 3.05) is 0 Å². The highest BCUT2D eigenvalue weighted by molar-refractivity contribution is 6.36. The molecule has 0 aliphatic carbocycles. The predicted octanol–water partition coefficient (Wildman–Crippen LogP) is 4.32. The van der Waals surface area contributed by atoms with Crippen LogP contribution in [-0.2, 0) is 6.42 Å². The summed E-state index contributed by atoms with van der Waals surface area (Å²) in [5, 5.41) is 1.75. The molecule has 2 aromatic rings. The van der Waals surface area contributed by atoms with E-state index in [9.17, 15) is 0 Å². The van der Waals surface area contributed by atoms with Gasteiger partial charge in [0.2, 0.25) is 0 Å². The van der Waals surface area contributed by atoms with Crippen LogP contribution < -0.4 is 0 Å². The van der Waals surface area contributed by atoms with Gasteiger partial charge in [-0.1, -0.05) is 31.4 Å². The average molecular weight is 249 g/mol. The Hall–Kier alpha value is -1.15. The average Bonchev–Trinajstić information content (AvgIpc) is 2.35. The summed E-state index contributed by atoms with van der Waals surface area (Å²) in [5.41, 5.74) is 2.95. The maximum Gasteiger partial charge on any atom is 0.160 e. The van der Waals surface area contributed by atoms with Gasteiger partial charge in [-0.25, -0.2) is 9.97 Å². The Morgan fingerprint density at radius 3 is 2.88 bits per heavy atom. The minimum atomic E-state index is 0.759. The molecule has 2 nitrogen and oxygen atoms in total. The maximum atomic E-state index is 6.36. The Morgan fingerprint density at radius 2 is 2.12 bits per heavy atom. The molecule has 0 aliphatic heterocycles. The molecule has 0 saturated heterocycles. The number of halogens is 1. The number of hydrogen-bond donors (Lipinski definition) is 0. The number of unbranched alkanes of at least 4 members (excludes halogenated alkanes) is 2. The number of hydrogen-bond acceptors (Lipinski definition) is 2. The number of fused-ring (bicyclic) bond motifs is 1. The van der Waals surface area contributed by atoms with E-state index in [4.69, 9.17) is 11.6 Å². The standard InChI is InChI=1S/C14H17ClN2/c1-3-4-5-8-12-10(2)13(15)11-7-6-9-16-14(11)17-12/h6-7,9H,3-5,8H2,1-2H3. The first kappa shape index (κ1) is 12.3. The van der Waals surface area contributed by atoms with E-state index in [1.165, 1.54) is 19.3 Å². The van der Waals surface area contributed by atoms with E-state index in [2.05, 4.69) is 16.9 Å². The Balaban J connectivity index is 2.39. The topological polar surface area (TPSA) is 25.8 Å². The molecule has 0 saturated carbocycles. The molecule has 0 bridgehead atoms. The molecule has 0 radical (unpaired) electrons. The van der Waals surface area contributed by atoms with Crippen LogP contribution in [0.2, 0.25) is 5.02 Å². The zero-order valence-electron chi connectivity index (χ0n) is 10.3. The van der Waals surface area contributed by atoms with Gasteiger partial charge in [0.15, 0.2) is 5.65 Å². The molecule has 3 heteroatoms. The molecule has 0 fully saturated rings. The van der Waals surface area contributed by atoms with E-state index in [0.717, 1.165) is 33.7 Å². The van der Waals surface area contributed by atoms with Crippen LogP contribution in [0, 0.1) is 6.92 Å². The summed E-state index contributed by atoms with van der Waals surface area (Å²) in [6, 6.07) is 3.87. The van der Waals surface area contributed by atoms with Crippen LogP contribution in [0.15, 0.2) is 18.3 Å². The second kappa shape index (κ2) is 5.46. The van der Waals surface area contributed by atoms with Crippen molar-refractivity contribution in [1.29, 1.82) is 0 Å². The minimum absolute atomic E-state index is 0.759. The predicted molar refractivity (Wildman–Crippen MR) is 72.5 cm³/mol. The lowest BCUT2D eigenvalue weighted by molar-refractivity contribution is 0.706. The van der Waals surface area contributed by atoms with E-state index in [-0.39, 0.29) is 0 Å². The molecule has 0 N–H and O–H groups in total. The van der Waals surface area contributed by atoms with Crippen LogP contribution in [0.4, 0.5) is 0 Å². The van der Waals surface area contributed by atoms with Crippen LogP contribution in [0.5, 0.6) is 0 Å². The highest BCUT2D eigenvalue weighted by atomic mass is 35.5. The molecule has 0 unspecified atom stereocenters. The number of nitrogens with zero attached hydrogens (tertiary/aromatic N) is 2. The van der Waals surface area contributed by atoms with E-state index >= 15 is 0 Å². The van der Waals surface area contributed by atoms with Gasteiger partial charge >= 0.3 is 0 Å². The lowest BCUT2D eigenvalue weighted by Crippen LogP contribution is -1.98. The van der Waals surface area contributed by atoms with Gasteiger partial charge in [-0.15, -0.1) is 0 Å². The normalized spacial score (nSPS) is 11.0. The molecule has 2 aromatic heterocycles. The summed E-state index contributed by atoms with van der Waals surface area (Å²) in [6.45, 7) is 4.25. The fourth-order valence-electron chi connectivity index (χ4n) is 1.98. The van der Waals surface area contributed by atoms with E-state index in [1.807, 2.05) is 19.1 Å². The molecule has 0 atom stereocenters. The monoisotopic (exact) mass is 248 g/mol. The summed E-state index contributed by atoms with van der Waals surface area (Å²) >= 11 is 6.36. The van der Waals surface area contributed by atoms with Crippen LogP contribution >= 0.6 is 11.6 Å². The smallest absolute Gasteiger partial charge is 0.160 e. The van der Waals surface area contributed by atoms with Crippen LogP contribution in [-0.4, -0.2) is 9.97 Å². The number of aryl methyl sites for hydroxylation is 1. The quantitative estimate of drug-likeness (QED) is 0.753. The summed E-state index contributed by atoms with van der Waals surface area (Å²) in [6.07, 6.45) is 6.37. The Labute approximate surface area is 107 Å². The molecule has 17 heavy (non-hydrogen) atoms. The fourth-order valence-corrected chi connectivity index (χ4v) is 2.24. The zero-order valence-corrected chi connectivity index (χ0v) is 11.1. The largest absolute Gasteiger partial charge is 0.237 e. The second-order valence-corrected chi connectivity index (χ2v) is 4.71. The third kappa shape index (κ3) is 2.58. The minimum Gasteiger partial charge on any atom is -0.237 e. The Bertz CT molecular complexity index is 523. The second-order valence-electron chi connectivity index (χ2n) is 4.33. The third-order valence-corrected chi connectivity index (χ3v) is 3.53. The summed E-state index contributed by atoms with van der Waals surface area (Å²) in [7, 11) is 0. The van der Waals surface area contributed by atoms with Crippen LogP contribution in [0.3, 0.4) is 0 Å². The van der Waals surface area contributed by atoms with Crippen molar-refractivity contribution in [1.82, 2.24) is 9.97 Å². The van der Waals surface area contributed by atoms with Crippen molar-refractivity contribution >= 4 is 22.6 Å². The van der Waals surface area contributed by atoms with Crippen molar-refractivity contribution < 1.29 is 0 Å².